The molecule has 0 aromatic heterocycles. The third-order valence-corrected chi connectivity index (χ3v) is 5.64. The van der Waals surface area contributed by atoms with Crippen molar-refractivity contribution in [3.63, 3.8) is 0 Å². The number of hydrogen-bond acceptors (Lipinski definition) is 4. The van der Waals surface area contributed by atoms with E-state index in [4.69, 9.17) is 4.74 Å². The SMILES string of the molecule is CCNC(=NCCNC(=O)CC1CCCCC1)N1CCC(C(=O)OCC)CC1.I. The largest absolute Gasteiger partial charge is 0.466 e. The number of guanidine groups is 1. The minimum Gasteiger partial charge on any atom is -0.466 e. The number of carbonyl (C=O) groups excluding carboxylic acids is 2. The molecule has 0 aromatic carbocycles. The normalized spacial score (nSPS) is 18.7. The van der Waals surface area contributed by atoms with Crippen molar-refractivity contribution in [2.45, 2.75) is 65.2 Å². The molecule has 0 spiro atoms. The molecule has 0 bridgehead atoms. The standard InChI is InChI=1S/C21H38N4O3.HI/c1-3-22-21(25-14-10-18(11-15-25)20(27)28-4-2)24-13-12-23-19(26)16-17-8-6-5-7-9-17;/h17-18H,3-16H2,1-2H3,(H,22,24)(H,23,26);1H. The van der Waals surface area contributed by atoms with Crippen molar-refractivity contribution in [3.8, 4) is 0 Å². The summed E-state index contributed by atoms with van der Waals surface area (Å²) in [6.45, 7) is 7.85. The number of halogens is 1. The molecule has 1 heterocycles. The van der Waals surface area contributed by atoms with Crippen molar-refractivity contribution < 1.29 is 14.3 Å². The first kappa shape index (κ1) is 26.0. The molecule has 29 heavy (non-hydrogen) atoms. The van der Waals surface area contributed by atoms with Gasteiger partial charge in [-0.25, -0.2) is 0 Å². The van der Waals surface area contributed by atoms with Crippen LogP contribution >= 0.6 is 24.0 Å². The number of carbonyl (C=O) groups is 2. The molecule has 0 radical (unpaired) electrons. The van der Waals surface area contributed by atoms with Gasteiger partial charge in [-0.2, -0.15) is 0 Å². The number of rotatable bonds is 8. The number of likely N-dealkylation sites (tertiary alicyclic amines) is 1. The molecule has 0 unspecified atom stereocenters. The Bertz CT molecular complexity index is 516. The summed E-state index contributed by atoms with van der Waals surface area (Å²) in [5.74, 6) is 1.51. The zero-order valence-electron chi connectivity index (χ0n) is 18.1. The van der Waals surface area contributed by atoms with Gasteiger partial charge in [0, 0.05) is 32.6 Å². The Morgan fingerprint density at radius 3 is 2.34 bits per heavy atom. The summed E-state index contributed by atoms with van der Waals surface area (Å²) < 4.78 is 5.14. The third kappa shape index (κ3) is 9.53. The average Bonchev–Trinajstić information content (AvgIpc) is 2.71. The van der Waals surface area contributed by atoms with E-state index in [9.17, 15) is 9.59 Å². The molecule has 1 amide bonds. The van der Waals surface area contributed by atoms with Crippen molar-refractivity contribution in [3.05, 3.63) is 0 Å². The molecule has 7 nitrogen and oxygen atoms in total. The zero-order chi connectivity index (χ0) is 20.2. The smallest absolute Gasteiger partial charge is 0.309 e. The van der Waals surface area contributed by atoms with Gasteiger partial charge in [0.25, 0.3) is 0 Å². The monoisotopic (exact) mass is 522 g/mol. The molecule has 1 saturated heterocycles. The van der Waals surface area contributed by atoms with Crippen LogP contribution in [0.25, 0.3) is 0 Å². The first-order valence-electron chi connectivity index (χ1n) is 11.1. The topological polar surface area (TPSA) is 83.0 Å². The van der Waals surface area contributed by atoms with Crippen LogP contribution in [0.5, 0.6) is 0 Å². The number of amides is 1. The highest BCUT2D eigenvalue weighted by molar-refractivity contribution is 14.0. The van der Waals surface area contributed by atoms with E-state index in [0.29, 0.717) is 32.0 Å². The summed E-state index contributed by atoms with van der Waals surface area (Å²) in [5, 5.41) is 6.34. The molecule has 1 aliphatic carbocycles. The predicted molar refractivity (Wildman–Crippen MR) is 127 cm³/mol. The fourth-order valence-electron chi connectivity index (χ4n) is 4.10. The molecule has 1 saturated carbocycles. The van der Waals surface area contributed by atoms with Gasteiger partial charge in [-0.1, -0.05) is 19.3 Å². The van der Waals surface area contributed by atoms with Crippen molar-refractivity contribution in [2.24, 2.45) is 16.8 Å². The minimum absolute atomic E-state index is 0. The van der Waals surface area contributed by atoms with E-state index in [1.54, 1.807) is 0 Å². The number of nitrogens with zero attached hydrogens (tertiary/aromatic N) is 2. The summed E-state index contributed by atoms with van der Waals surface area (Å²) in [6, 6.07) is 0. The van der Waals surface area contributed by atoms with Gasteiger partial charge >= 0.3 is 5.97 Å². The lowest BCUT2D eigenvalue weighted by molar-refractivity contribution is -0.149. The van der Waals surface area contributed by atoms with Gasteiger partial charge in [0.1, 0.15) is 0 Å². The molecule has 2 rings (SSSR count). The third-order valence-electron chi connectivity index (χ3n) is 5.64. The van der Waals surface area contributed by atoms with Crippen molar-refractivity contribution in [2.75, 3.05) is 39.3 Å². The number of ether oxygens (including phenoxy) is 1. The number of piperidine rings is 1. The summed E-state index contributed by atoms with van der Waals surface area (Å²) in [7, 11) is 0. The van der Waals surface area contributed by atoms with Crippen LogP contribution in [-0.2, 0) is 14.3 Å². The molecule has 0 atom stereocenters. The lowest BCUT2D eigenvalue weighted by Crippen LogP contribution is -2.47. The first-order valence-corrected chi connectivity index (χ1v) is 11.1. The molecule has 0 aromatic rings. The van der Waals surface area contributed by atoms with E-state index in [0.717, 1.165) is 38.4 Å². The summed E-state index contributed by atoms with van der Waals surface area (Å²) in [4.78, 5) is 30.9. The Morgan fingerprint density at radius 1 is 1.03 bits per heavy atom. The van der Waals surface area contributed by atoms with Crippen LogP contribution < -0.4 is 10.6 Å². The lowest BCUT2D eigenvalue weighted by Gasteiger charge is -2.33. The van der Waals surface area contributed by atoms with Crippen LogP contribution in [-0.4, -0.2) is 62.1 Å². The van der Waals surface area contributed by atoms with Crippen LogP contribution in [0.15, 0.2) is 4.99 Å². The molecule has 1 aliphatic heterocycles. The van der Waals surface area contributed by atoms with E-state index in [-0.39, 0.29) is 41.8 Å². The van der Waals surface area contributed by atoms with Crippen molar-refractivity contribution >= 4 is 41.8 Å². The van der Waals surface area contributed by atoms with E-state index >= 15 is 0 Å². The van der Waals surface area contributed by atoms with Gasteiger partial charge in [0.2, 0.25) is 5.91 Å². The maximum absolute atomic E-state index is 12.1. The highest BCUT2D eigenvalue weighted by Gasteiger charge is 2.27. The molecule has 8 heteroatoms. The fourth-order valence-corrected chi connectivity index (χ4v) is 4.10. The van der Waals surface area contributed by atoms with Crippen molar-refractivity contribution in [1.82, 2.24) is 15.5 Å². The second-order valence-electron chi connectivity index (χ2n) is 7.81. The van der Waals surface area contributed by atoms with E-state index in [1.165, 1.54) is 32.1 Å². The van der Waals surface area contributed by atoms with Crippen LogP contribution in [0, 0.1) is 11.8 Å². The van der Waals surface area contributed by atoms with E-state index in [2.05, 4.69) is 20.5 Å². The van der Waals surface area contributed by atoms with Gasteiger partial charge < -0.3 is 20.3 Å². The number of hydrogen-bond donors (Lipinski definition) is 2. The summed E-state index contributed by atoms with van der Waals surface area (Å²) >= 11 is 0. The molecule has 2 fully saturated rings. The number of aliphatic imine (C=N–C) groups is 1. The fraction of sp³-hybridized carbons (Fsp3) is 0.857. The maximum Gasteiger partial charge on any atom is 0.309 e. The Labute approximate surface area is 192 Å². The zero-order valence-corrected chi connectivity index (χ0v) is 20.4. The van der Waals surface area contributed by atoms with Gasteiger partial charge in [-0.05, 0) is 45.4 Å². The van der Waals surface area contributed by atoms with Gasteiger partial charge in [0.05, 0.1) is 19.1 Å². The Balaban J connectivity index is 0.00000420. The highest BCUT2D eigenvalue weighted by Crippen LogP contribution is 2.26. The number of nitrogens with one attached hydrogen (secondary N) is 2. The summed E-state index contributed by atoms with van der Waals surface area (Å²) in [5.41, 5.74) is 0. The van der Waals surface area contributed by atoms with Crippen molar-refractivity contribution in [1.29, 1.82) is 0 Å². The van der Waals surface area contributed by atoms with E-state index < -0.39 is 0 Å². The predicted octanol–water partition coefficient (Wildman–Crippen LogP) is 2.93. The average molecular weight is 522 g/mol. The second kappa shape index (κ2) is 14.8. The van der Waals surface area contributed by atoms with Crippen LogP contribution in [0.1, 0.15) is 65.2 Å². The lowest BCUT2D eigenvalue weighted by atomic mass is 9.87. The Kier molecular flexibility index (Phi) is 13.3. The summed E-state index contributed by atoms with van der Waals surface area (Å²) in [6.07, 6.45) is 8.48. The Morgan fingerprint density at radius 2 is 1.72 bits per heavy atom. The van der Waals surface area contributed by atoms with Crippen LogP contribution in [0.4, 0.5) is 0 Å². The van der Waals surface area contributed by atoms with Gasteiger partial charge in [-0.3, -0.25) is 14.6 Å². The molecule has 168 valence electrons. The first-order chi connectivity index (χ1) is 13.6. The molecule has 2 aliphatic rings. The van der Waals surface area contributed by atoms with Crippen LogP contribution in [0.2, 0.25) is 0 Å². The Hall–Kier alpha value is -1.06. The van der Waals surface area contributed by atoms with Crippen LogP contribution in [0.3, 0.4) is 0 Å². The minimum atomic E-state index is -0.0789. The molecular formula is C21H39IN4O3. The molecule has 2 N–H and O–H groups in total. The molecular weight excluding hydrogens is 483 g/mol. The quantitative estimate of drug-likeness (QED) is 0.169. The van der Waals surface area contributed by atoms with Gasteiger partial charge in [0.15, 0.2) is 5.96 Å². The highest BCUT2D eigenvalue weighted by atomic mass is 127. The number of esters is 1. The van der Waals surface area contributed by atoms with E-state index in [1.807, 2.05) is 13.8 Å². The maximum atomic E-state index is 12.1. The second-order valence-corrected chi connectivity index (χ2v) is 7.81. The van der Waals surface area contributed by atoms with Gasteiger partial charge in [-0.15, -0.1) is 24.0 Å².